The van der Waals surface area contributed by atoms with Crippen molar-refractivity contribution in [3.8, 4) is 0 Å². The van der Waals surface area contributed by atoms with Crippen molar-refractivity contribution < 1.29 is 13.3 Å². The third-order valence-electron chi connectivity index (χ3n) is 5.92. The van der Waals surface area contributed by atoms with Crippen molar-refractivity contribution in [1.29, 1.82) is 0 Å². The Morgan fingerprint density at radius 1 is 0.800 bits per heavy atom. The van der Waals surface area contributed by atoms with Gasteiger partial charge in [0.2, 0.25) is 0 Å². The number of nitrogens with zero attached hydrogens (tertiary/aromatic N) is 1. The normalized spacial score (nSPS) is 15.5. The Morgan fingerprint density at radius 3 is 1.91 bits per heavy atom. The average molecular weight is 658 g/mol. The van der Waals surface area contributed by atoms with Crippen LogP contribution in [-0.2, 0) is 20.5 Å². The highest BCUT2D eigenvalue weighted by Crippen LogP contribution is 2.55. The van der Waals surface area contributed by atoms with E-state index in [0.717, 1.165) is 34.8 Å². The monoisotopic (exact) mass is 657 g/mol. The Bertz CT molecular complexity index is 1470. The van der Waals surface area contributed by atoms with Crippen LogP contribution in [-0.4, -0.2) is 12.9 Å². The molecule has 0 saturated heterocycles. The first-order chi connectivity index (χ1) is 16.8. The van der Waals surface area contributed by atoms with Crippen LogP contribution in [0.4, 0.5) is 0 Å². The zero-order valence-electron chi connectivity index (χ0n) is 18.7. The van der Waals surface area contributed by atoms with Gasteiger partial charge in [0.25, 0.3) is 10.0 Å². The van der Waals surface area contributed by atoms with Gasteiger partial charge < -0.3 is 0 Å². The Labute approximate surface area is 227 Å². The van der Waals surface area contributed by atoms with Gasteiger partial charge in [-0.05, 0) is 64.9 Å². The molecule has 0 bridgehead atoms. The second-order valence-corrected chi connectivity index (χ2v) is 12.0. The fraction of sp³-hybridized carbons (Fsp3) is 0.0714. The Morgan fingerprint density at radius 2 is 1.37 bits per heavy atom. The van der Waals surface area contributed by atoms with Crippen LogP contribution in [0.5, 0.6) is 0 Å². The summed E-state index contributed by atoms with van der Waals surface area (Å²) in [4.78, 5) is 6.80. The molecule has 5 rings (SSSR count). The van der Waals surface area contributed by atoms with Crippen molar-refractivity contribution in [2.45, 2.75) is 17.4 Å². The molecule has 0 aliphatic carbocycles. The molecule has 1 aliphatic rings. The molecule has 0 unspecified atom stereocenters. The highest BCUT2D eigenvalue weighted by molar-refractivity contribution is 14.1. The summed E-state index contributed by atoms with van der Waals surface area (Å²) in [7, 11) is -4.05. The van der Waals surface area contributed by atoms with Crippen molar-refractivity contribution in [2.75, 3.05) is 0 Å². The first kappa shape index (κ1) is 24.2. The van der Waals surface area contributed by atoms with Gasteiger partial charge >= 0.3 is 0 Å². The van der Waals surface area contributed by atoms with Crippen LogP contribution in [0, 0.1) is 6.92 Å². The molecule has 0 spiro atoms. The van der Waals surface area contributed by atoms with Gasteiger partial charge in [-0.2, -0.15) is 8.42 Å². The van der Waals surface area contributed by atoms with Gasteiger partial charge in [-0.1, -0.05) is 106 Å². The molecule has 1 heterocycles. The third-order valence-corrected chi connectivity index (χ3v) is 9.24. The van der Waals surface area contributed by atoms with E-state index >= 15 is 0 Å². The van der Waals surface area contributed by atoms with E-state index in [1.54, 1.807) is 24.3 Å². The number of sulfonamides is 1. The van der Waals surface area contributed by atoms with E-state index in [1.165, 1.54) is 0 Å². The Hall–Kier alpha value is -2.46. The molecule has 4 nitrogen and oxygen atoms in total. The molecular weight excluding hydrogens is 637 g/mol. The molecule has 0 fully saturated rings. The van der Waals surface area contributed by atoms with E-state index in [1.807, 2.05) is 91.9 Å². The smallest absolute Gasteiger partial charge is 0.237 e. The summed E-state index contributed by atoms with van der Waals surface area (Å²) < 4.78 is 30.8. The van der Waals surface area contributed by atoms with E-state index in [0.29, 0.717) is 5.70 Å². The van der Waals surface area contributed by atoms with Crippen LogP contribution in [0.3, 0.4) is 0 Å². The van der Waals surface area contributed by atoms with Crippen molar-refractivity contribution in [1.82, 2.24) is 4.47 Å². The van der Waals surface area contributed by atoms with Gasteiger partial charge in [0.1, 0.15) is 5.70 Å². The summed E-state index contributed by atoms with van der Waals surface area (Å²) >= 11 is 5.78. The molecule has 0 atom stereocenters. The highest BCUT2D eigenvalue weighted by Gasteiger charge is 2.52. The van der Waals surface area contributed by atoms with Gasteiger partial charge in [0, 0.05) is 10.0 Å². The Balaban J connectivity index is 1.82. The average Bonchev–Trinajstić information content (AvgIpc) is 3.20. The third kappa shape index (κ3) is 4.24. The predicted octanol–water partition coefficient (Wildman–Crippen LogP) is 7.44. The summed E-state index contributed by atoms with van der Waals surface area (Å²) in [6.45, 7) is 1.92. The lowest BCUT2D eigenvalue weighted by molar-refractivity contribution is -0.103. The van der Waals surface area contributed by atoms with Crippen LogP contribution in [0.1, 0.15) is 22.3 Å². The topological polar surface area (TPSA) is 46.6 Å². The maximum atomic E-state index is 14.1. The molecule has 0 aromatic heterocycles. The number of hydrogen-bond acceptors (Lipinski definition) is 3. The van der Waals surface area contributed by atoms with Crippen LogP contribution < -0.4 is 0 Å². The molecule has 0 saturated carbocycles. The molecular formula is C28H21BrINO3S. The quantitative estimate of drug-likeness (QED) is 0.210. The maximum Gasteiger partial charge on any atom is 0.286 e. The van der Waals surface area contributed by atoms with E-state index in [2.05, 4.69) is 38.5 Å². The van der Waals surface area contributed by atoms with Gasteiger partial charge in [-0.25, -0.2) is 4.84 Å². The largest absolute Gasteiger partial charge is 0.286 e. The molecule has 176 valence electrons. The molecule has 35 heavy (non-hydrogen) atoms. The second kappa shape index (κ2) is 9.54. The van der Waals surface area contributed by atoms with Crippen molar-refractivity contribution in [3.05, 3.63) is 140 Å². The van der Waals surface area contributed by atoms with Gasteiger partial charge in [-0.15, -0.1) is 4.47 Å². The van der Waals surface area contributed by atoms with E-state index in [9.17, 15) is 8.42 Å². The first-order valence-electron chi connectivity index (χ1n) is 10.9. The summed E-state index contributed by atoms with van der Waals surface area (Å²) in [5, 5.41) is 0. The van der Waals surface area contributed by atoms with Gasteiger partial charge in [-0.3, -0.25) is 0 Å². The number of hydrogen-bond donors (Lipinski definition) is 0. The second-order valence-electron chi connectivity index (χ2n) is 8.22. The number of rotatable bonds is 5. The zero-order valence-corrected chi connectivity index (χ0v) is 23.3. The summed E-state index contributed by atoms with van der Waals surface area (Å²) in [5.74, 6) is 0. The number of aryl methyl sites for hydroxylation is 1. The molecule has 7 heteroatoms. The number of hydroxylamine groups is 1. The summed E-state index contributed by atoms with van der Waals surface area (Å²) in [5.41, 5.74) is 2.73. The zero-order chi connectivity index (χ0) is 24.6. The van der Waals surface area contributed by atoms with Crippen molar-refractivity contribution >= 4 is 54.2 Å². The van der Waals surface area contributed by atoms with Crippen LogP contribution >= 0.6 is 38.5 Å². The fourth-order valence-corrected chi connectivity index (χ4v) is 7.30. The molecule has 0 amide bonds. The van der Waals surface area contributed by atoms with Crippen LogP contribution in [0.2, 0.25) is 0 Å². The number of benzene rings is 4. The van der Waals surface area contributed by atoms with Gasteiger partial charge in [0.05, 0.1) is 8.48 Å². The minimum absolute atomic E-state index is 0.164. The lowest BCUT2D eigenvalue weighted by Crippen LogP contribution is -2.35. The molecule has 4 aromatic rings. The molecule has 0 radical (unpaired) electrons. The molecule has 4 aromatic carbocycles. The Kier molecular flexibility index (Phi) is 6.61. The summed E-state index contributed by atoms with van der Waals surface area (Å²) in [6, 6.07) is 33.9. The fourth-order valence-electron chi connectivity index (χ4n) is 4.17. The molecule has 0 N–H and O–H groups in total. The van der Waals surface area contributed by atoms with E-state index in [4.69, 9.17) is 4.84 Å². The predicted molar refractivity (Wildman–Crippen MR) is 150 cm³/mol. The highest BCUT2D eigenvalue weighted by atomic mass is 127. The minimum Gasteiger partial charge on any atom is -0.237 e. The standard InChI is InChI=1S/C28H21BrINO3S/c1-20-15-17-25(18-16-20)35(32,33)31-26(21-9-8-14-24(29)19-21)27(30)28(34-31,22-10-4-2-5-11-22)23-12-6-3-7-13-23/h2-19H,1H3. The first-order valence-corrected chi connectivity index (χ1v) is 14.2. The number of halogens is 2. The minimum atomic E-state index is -4.05. The lowest BCUT2D eigenvalue weighted by Gasteiger charge is -2.31. The van der Waals surface area contributed by atoms with Crippen molar-refractivity contribution in [2.24, 2.45) is 0 Å². The maximum absolute atomic E-state index is 14.1. The van der Waals surface area contributed by atoms with Crippen molar-refractivity contribution in [3.63, 3.8) is 0 Å². The van der Waals surface area contributed by atoms with Crippen LogP contribution in [0.25, 0.3) is 5.70 Å². The van der Waals surface area contributed by atoms with E-state index < -0.39 is 15.6 Å². The SMILES string of the molecule is Cc1ccc(S(=O)(=O)N2OC(c3ccccc3)(c3ccccc3)C(I)=C2c2cccc(Br)c2)cc1. The lowest BCUT2D eigenvalue weighted by atomic mass is 9.85. The molecule has 1 aliphatic heterocycles. The van der Waals surface area contributed by atoms with Gasteiger partial charge in [0.15, 0.2) is 5.60 Å². The van der Waals surface area contributed by atoms with Crippen LogP contribution in [0.15, 0.2) is 122 Å². The van der Waals surface area contributed by atoms with E-state index in [-0.39, 0.29) is 4.90 Å². The summed E-state index contributed by atoms with van der Waals surface area (Å²) in [6.07, 6.45) is 0.